The highest BCUT2D eigenvalue weighted by Crippen LogP contribution is 2.14. The van der Waals surface area contributed by atoms with Crippen LogP contribution in [0.3, 0.4) is 0 Å². The molecule has 0 aliphatic carbocycles. The van der Waals surface area contributed by atoms with E-state index >= 15 is 0 Å². The Kier molecular flexibility index (Phi) is 4.92. The number of hydrogen-bond acceptors (Lipinski definition) is 2. The number of carbonyl (C=O) groups is 2. The molecule has 1 aromatic carbocycles. The topological polar surface area (TPSA) is 78.4 Å². The van der Waals surface area contributed by atoms with Crippen LogP contribution in [0.15, 0.2) is 35.9 Å². The Morgan fingerprint density at radius 1 is 1.28 bits per heavy atom. The number of carbonyl (C=O) groups excluding carboxylic acids is 1. The summed E-state index contributed by atoms with van der Waals surface area (Å²) in [5.74, 6) is -1.07. The van der Waals surface area contributed by atoms with Crippen LogP contribution in [0.5, 0.6) is 0 Å². The first-order chi connectivity index (χ1) is 8.50. The van der Waals surface area contributed by atoms with Gasteiger partial charge < -0.3 is 15.7 Å². The smallest absolute Gasteiger partial charge is 0.337 e. The fraction of sp³-hybridized carbons (Fsp3) is 0.231. The lowest BCUT2D eigenvalue weighted by atomic mass is 10.2. The number of benzene rings is 1. The molecule has 18 heavy (non-hydrogen) atoms. The van der Waals surface area contributed by atoms with Gasteiger partial charge in [-0.05, 0) is 26.0 Å². The maximum absolute atomic E-state index is 11.5. The van der Waals surface area contributed by atoms with Crippen molar-refractivity contribution in [3.8, 4) is 0 Å². The molecule has 0 bridgehead atoms. The van der Waals surface area contributed by atoms with Crippen LogP contribution in [-0.4, -0.2) is 23.7 Å². The predicted molar refractivity (Wildman–Crippen MR) is 69.9 cm³/mol. The van der Waals surface area contributed by atoms with E-state index in [1.807, 2.05) is 19.9 Å². The molecule has 0 saturated carbocycles. The fourth-order valence-corrected chi connectivity index (χ4v) is 1.29. The second kappa shape index (κ2) is 6.44. The summed E-state index contributed by atoms with van der Waals surface area (Å²) >= 11 is 0. The Labute approximate surface area is 106 Å². The average Bonchev–Trinajstić information content (AvgIpc) is 2.28. The number of carboxylic acids is 1. The predicted octanol–water partition coefficient (Wildman–Crippen LogP) is 2.47. The molecule has 0 aliphatic heterocycles. The third-order valence-corrected chi connectivity index (χ3v) is 2.18. The minimum absolute atomic E-state index is 0.0647. The molecule has 0 heterocycles. The third kappa shape index (κ3) is 4.29. The summed E-state index contributed by atoms with van der Waals surface area (Å²) in [6.07, 6.45) is 1.86. The number of allylic oxidation sites excluding steroid dienone is 1. The van der Waals surface area contributed by atoms with Gasteiger partial charge in [0, 0.05) is 6.54 Å². The molecule has 5 heteroatoms. The molecule has 1 rings (SSSR count). The van der Waals surface area contributed by atoms with Crippen molar-refractivity contribution in [2.75, 3.05) is 11.9 Å². The quantitative estimate of drug-likeness (QED) is 0.716. The number of rotatable bonds is 4. The third-order valence-electron chi connectivity index (χ3n) is 2.18. The van der Waals surface area contributed by atoms with Crippen LogP contribution in [0.25, 0.3) is 0 Å². The Hall–Kier alpha value is -2.30. The van der Waals surface area contributed by atoms with Gasteiger partial charge in [-0.1, -0.05) is 23.8 Å². The summed E-state index contributed by atoms with van der Waals surface area (Å²) in [5, 5.41) is 14.1. The van der Waals surface area contributed by atoms with E-state index < -0.39 is 12.0 Å². The van der Waals surface area contributed by atoms with Crippen LogP contribution in [0, 0.1) is 0 Å². The molecule has 0 atom stereocenters. The molecule has 0 aromatic heterocycles. The van der Waals surface area contributed by atoms with Crippen molar-refractivity contribution in [3.05, 3.63) is 41.5 Å². The van der Waals surface area contributed by atoms with Crippen LogP contribution in [0.1, 0.15) is 24.2 Å². The molecular formula is C13H16N2O3. The molecule has 0 fully saturated rings. The highest BCUT2D eigenvalue weighted by molar-refractivity contribution is 5.99. The lowest BCUT2D eigenvalue weighted by Crippen LogP contribution is -2.29. The normalized spacial score (nSPS) is 9.44. The standard InChI is InChI=1S/C13H16N2O3/c1-9(2)7-8-14-13(18)15-11-6-4-3-5-10(11)12(16)17/h3-7H,8H2,1-2H3,(H,16,17)(H2,14,15,18). The van der Waals surface area contributed by atoms with Crippen LogP contribution < -0.4 is 10.6 Å². The van der Waals surface area contributed by atoms with Gasteiger partial charge in [0.1, 0.15) is 0 Å². The number of amides is 2. The van der Waals surface area contributed by atoms with Gasteiger partial charge in [0.25, 0.3) is 0 Å². The number of hydrogen-bond donors (Lipinski definition) is 3. The van der Waals surface area contributed by atoms with Crippen molar-refractivity contribution >= 4 is 17.7 Å². The Morgan fingerprint density at radius 2 is 1.94 bits per heavy atom. The van der Waals surface area contributed by atoms with Crippen molar-refractivity contribution in [3.63, 3.8) is 0 Å². The lowest BCUT2D eigenvalue weighted by molar-refractivity contribution is 0.0698. The van der Waals surface area contributed by atoms with Gasteiger partial charge in [0.05, 0.1) is 11.3 Å². The van der Waals surface area contributed by atoms with E-state index in [0.29, 0.717) is 6.54 Å². The molecule has 0 radical (unpaired) electrons. The summed E-state index contributed by atoms with van der Waals surface area (Å²) in [5.41, 5.74) is 1.44. The zero-order valence-electron chi connectivity index (χ0n) is 10.4. The van der Waals surface area contributed by atoms with Gasteiger partial charge in [-0.2, -0.15) is 0 Å². The van der Waals surface area contributed by atoms with E-state index in [9.17, 15) is 9.59 Å². The summed E-state index contributed by atoms with van der Waals surface area (Å²) in [6, 6.07) is 5.83. The van der Waals surface area contributed by atoms with E-state index in [-0.39, 0.29) is 11.3 Å². The summed E-state index contributed by atoms with van der Waals surface area (Å²) in [6.45, 7) is 4.27. The van der Waals surface area contributed by atoms with Gasteiger partial charge in [-0.3, -0.25) is 0 Å². The van der Waals surface area contributed by atoms with Crippen molar-refractivity contribution in [2.24, 2.45) is 0 Å². The summed E-state index contributed by atoms with van der Waals surface area (Å²) in [4.78, 5) is 22.4. The average molecular weight is 248 g/mol. The van der Waals surface area contributed by atoms with Crippen molar-refractivity contribution in [1.29, 1.82) is 0 Å². The number of urea groups is 1. The van der Waals surface area contributed by atoms with E-state index in [2.05, 4.69) is 10.6 Å². The molecule has 5 nitrogen and oxygen atoms in total. The van der Waals surface area contributed by atoms with Crippen LogP contribution in [-0.2, 0) is 0 Å². The second-order valence-corrected chi connectivity index (χ2v) is 3.97. The number of nitrogens with one attached hydrogen (secondary N) is 2. The van der Waals surface area contributed by atoms with Crippen molar-refractivity contribution < 1.29 is 14.7 Å². The van der Waals surface area contributed by atoms with Gasteiger partial charge in [0.15, 0.2) is 0 Å². The van der Waals surface area contributed by atoms with E-state index in [0.717, 1.165) is 5.57 Å². The highest BCUT2D eigenvalue weighted by Gasteiger charge is 2.10. The molecule has 0 saturated heterocycles. The maximum atomic E-state index is 11.5. The number of carboxylic acid groups (broad SMARTS) is 1. The minimum Gasteiger partial charge on any atom is -0.478 e. The van der Waals surface area contributed by atoms with E-state index in [1.165, 1.54) is 6.07 Å². The summed E-state index contributed by atoms with van der Waals surface area (Å²) in [7, 11) is 0. The maximum Gasteiger partial charge on any atom is 0.337 e. The number of aromatic carboxylic acids is 1. The molecular weight excluding hydrogens is 232 g/mol. The molecule has 96 valence electrons. The first kappa shape index (κ1) is 13.8. The Bertz CT molecular complexity index is 477. The van der Waals surface area contributed by atoms with Gasteiger partial charge in [-0.15, -0.1) is 0 Å². The van der Waals surface area contributed by atoms with Gasteiger partial charge in [0.2, 0.25) is 0 Å². The van der Waals surface area contributed by atoms with Crippen LogP contribution >= 0.6 is 0 Å². The van der Waals surface area contributed by atoms with Crippen molar-refractivity contribution in [1.82, 2.24) is 5.32 Å². The molecule has 1 aromatic rings. The zero-order valence-corrected chi connectivity index (χ0v) is 10.4. The molecule has 2 amide bonds. The van der Waals surface area contributed by atoms with Crippen LogP contribution in [0.4, 0.5) is 10.5 Å². The zero-order chi connectivity index (χ0) is 13.5. The molecule has 0 unspecified atom stereocenters. The van der Waals surface area contributed by atoms with Gasteiger partial charge >= 0.3 is 12.0 Å². The Balaban J connectivity index is 2.65. The fourth-order valence-electron chi connectivity index (χ4n) is 1.29. The minimum atomic E-state index is -1.07. The van der Waals surface area contributed by atoms with Crippen LogP contribution in [0.2, 0.25) is 0 Å². The molecule has 0 spiro atoms. The lowest BCUT2D eigenvalue weighted by Gasteiger charge is -2.08. The van der Waals surface area contributed by atoms with Gasteiger partial charge in [-0.25, -0.2) is 9.59 Å². The largest absolute Gasteiger partial charge is 0.478 e. The van der Waals surface area contributed by atoms with E-state index in [1.54, 1.807) is 18.2 Å². The Morgan fingerprint density at radius 3 is 2.56 bits per heavy atom. The summed E-state index contributed by atoms with van der Waals surface area (Å²) < 4.78 is 0. The van der Waals surface area contributed by atoms with Crippen molar-refractivity contribution in [2.45, 2.75) is 13.8 Å². The molecule has 0 aliphatic rings. The highest BCUT2D eigenvalue weighted by atomic mass is 16.4. The SMILES string of the molecule is CC(C)=CCNC(=O)Nc1ccccc1C(=O)O. The number of anilines is 1. The first-order valence-electron chi connectivity index (χ1n) is 5.51. The number of para-hydroxylation sites is 1. The monoisotopic (exact) mass is 248 g/mol. The van der Waals surface area contributed by atoms with E-state index in [4.69, 9.17) is 5.11 Å². The first-order valence-corrected chi connectivity index (χ1v) is 5.51. The second-order valence-electron chi connectivity index (χ2n) is 3.97. The molecule has 3 N–H and O–H groups in total.